The summed E-state index contributed by atoms with van der Waals surface area (Å²) in [4.78, 5) is 38.3. The van der Waals surface area contributed by atoms with Gasteiger partial charge in [-0.15, -0.1) is 0 Å². The molecule has 3 rings (SSSR count). The number of ether oxygens (including phenoxy) is 1. The second-order valence-corrected chi connectivity index (χ2v) is 5.81. The van der Waals surface area contributed by atoms with Crippen LogP contribution in [0.25, 0.3) is 11.7 Å². The first-order chi connectivity index (χ1) is 12.9. The van der Waals surface area contributed by atoms with Crippen LogP contribution in [-0.2, 0) is 16.1 Å². The zero-order chi connectivity index (χ0) is 19.4. The standard InChI is InChI=1S/C19H15N3O5/c1-13-2-8-17-20-15(10-18(23)21(17)11-13)12-27-19(24)9-5-14-3-6-16(7-4-14)22(25)26/h2-11H,12H2,1H3/b9-5+. The van der Waals surface area contributed by atoms with Crippen LogP contribution < -0.4 is 5.56 Å². The Morgan fingerprint density at radius 1 is 1.26 bits per heavy atom. The molecule has 3 aromatic rings. The summed E-state index contributed by atoms with van der Waals surface area (Å²) in [6, 6.07) is 10.6. The lowest BCUT2D eigenvalue weighted by Crippen LogP contribution is -2.16. The summed E-state index contributed by atoms with van der Waals surface area (Å²) in [5, 5.41) is 10.6. The van der Waals surface area contributed by atoms with Gasteiger partial charge >= 0.3 is 5.97 Å². The summed E-state index contributed by atoms with van der Waals surface area (Å²) in [5.74, 6) is -0.612. The largest absolute Gasteiger partial charge is 0.456 e. The Kier molecular flexibility index (Phi) is 5.07. The van der Waals surface area contributed by atoms with Crippen LogP contribution in [0.4, 0.5) is 5.69 Å². The number of aromatic nitrogens is 2. The van der Waals surface area contributed by atoms with E-state index in [1.54, 1.807) is 12.3 Å². The highest BCUT2D eigenvalue weighted by atomic mass is 16.6. The van der Waals surface area contributed by atoms with Gasteiger partial charge in [0.2, 0.25) is 0 Å². The number of carbonyl (C=O) groups is 1. The number of pyridine rings is 1. The number of nitro benzene ring substituents is 1. The molecule has 0 saturated carbocycles. The highest BCUT2D eigenvalue weighted by Gasteiger charge is 2.06. The quantitative estimate of drug-likeness (QED) is 0.298. The second-order valence-electron chi connectivity index (χ2n) is 5.81. The fourth-order valence-corrected chi connectivity index (χ4v) is 2.40. The minimum atomic E-state index is -0.612. The van der Waals surface area contributed by atoms with Gasteiger partial charge in [-0.2, -0.15) is 0 Å². The first-order valence-corrected chi connectivity index (χ1v) is 8.00. The molecule has 2 heterocycles. The minimum Gasteiger partial charge on any atom is -0.456 e. The molecule has 8 nitrogen and oxygen atoms in total. The molecule has 0 aliphatic carbocycles. The van der Waals surface area contributed by atoms with Crippen molar-refractivity contribution >= 4 is 23.4 Å². The molecule has 0 atom stereocenters. The number of hydrogen-bond donors (Lipinski definition) is 0. The first kappa shape index (κ1) is 18.0. The lowest BCUT2D eigenvalue weighted by Gasteiger charge is -2.05. The van der Waals surface area contributed by atoms with Crippen molar-refractivity contribution < 1.29 is 14.5 Å². The van der Waals surface area contributed by atoms with Crippen molar-refractivity contribution in [2.75, 3.05) is 0 Å². The van der Waals surface area contributed by atoms with E-state index in [9.17, 15) is 19.7 Å². The first-order valence-electron chi connectivity index (χ1n) is 8.00. The van der Waals surface area contributed by atoms with Crippen molar-refractivity contribution in [1.29, 1.82) is 0 Å². The molecule has 136 valence electrons. The fourth-order valence-electron chi connectivity index (χ4n) is 2.40. The van der Waals surface area contributed by atoms with Crippen LogP contribution in [-0.4, -0.2) is 20.3 Å². The Morgan fingerprint density at radius 3 is 2.70 bits per heavy atom. The van der Waals surface area contributed by atoms with Gasteiger partial charge in [-0.3, -0.25) is 19.3 Å². The molecule has 0 spiro atoms. The van der Waals surface area contributed by atoms with Gasteiger partial charge in [0.05, 0.1) is 10.6 Å². The van der Waals surface area contributed by atoms with E-state index >= 15 is 0 Å². The molecule has 27 heavy (non-hydrogen) atoms. The molecule has 0 fully saturated rings. The lowest BCUT2D eigenvalue weighted by atomic mass is 10.2. The maximum absolute atomic E-state index is 12.1. The third kappa shape index (κ3) is 4.43. The number of nitrogens with zero attached hydrogens (tertiary/aromatic N) is 3. The zero-order valence-corrected chi connectivity index (χ0v) is 14.4. The van der Waals surface area contributed by atoms with Crippen molar-refractivity contribution in [2.45, 2.75) is 13.5 Å². The molecular weight excluding hydrogens is 350 g/mol. The van der Waals surface area contributed by atoms with Crippen molar-refractivity contribution in [3.8, 4) is 0 Å². The summed E-state index contributed by atoms with van der Waals surface area (Å²) >= 11 is 0. The molecule has 0 unspecified atom stereocenters. The van der Waals surface area contributed by atoms with Gasteiger partial charge < -0.3 is 4.74 Å². The van der Waals surface area contributed by atoms with Crippen LogP contribution >= 0.6 is 0 Å². The van der Waals surface area contributed by atoms with E-state index in [0.717, 1.165) is 5.56 Å². The fraction of sp³-hybridized carbons (Fsp3) is 0.105. The number of esters is 1. The van der Waals surface area contributed by atoms with Crippen LogP contribution in [0.3, 0.4) is 0 Å². The number of benzene rings is 1. The topological polar surface area (TPSA) is 104 Å². The Morgan fingerprint density at radius 2 is 2.00 bits per heavy atom. The van der Waals surface area contributed by atoms with Crippen LogP contribution in [0.15, 0.2) is 59.5 Å². The molecular formula is C19H15N3O5. The minimum absolute atomic E-state index is 0.0291. The van der Waals surface area contributed by atoms with E-state index in [2.05, 4.69) is 4.98 Å². The van der Waals surface area contributed by atoms with Gasteiger partial charge in [-0.1, -0.05) is 6.07 Å². The van der Waals surface area contributed by atoms with Gasteiger partial charge in [0.25, 0.3) is 11.2 Å². The molecule has 0 amide bonds. The van der Waals surface area contributed by atoms with Gasteiger partial charge in [0, 0.05) is 30.5 Å². The molecule has 0 radical (unpaired) electrons. The van der Waals surface area contributed by atoms with Gasteiger partial charge in [-0.05, 0) is 42.3 Å². The number of hydrogen-bond acceptors (Lipinski definition) is 6. The monoisotopic (exact) mass is 365 g/mol. The van der Waals surface area contributed by atoms with Crippen molar-refractivity contribution in [3.05, 3.63) is 92.0 Å². The Labute approximate surface area is 153 Å². The number of fused-ring (bicyclic) bond motifs is 1. The molecule has 0 saturated heterocycles. The second kappa shape index (κ2) is 7.61. The normalized spacial score (nSPS) is 11.0. The van der Waals surface area contributed by atoms with Crippen LogP contribution in [0.2, 0.25) is 0 Å². The predicted octanol–water partition coefficient (Wildman–Crippen LogP) is 2.67. The average molecular weight is 365 g/mol. The maximum Gasteiger partial charge on any atom is 0.331 e. The van der Waals surface area contributed by atoms with Crippen molar-refractivity contribution in [3.63, 3.8) is 0 Å². The predicted molar refractivity (Wildman–Crippen MR) is 98.1 cm³/mol. The third-order valence-electron chi connectivity index (χ3n) is 3.74. The summed E-state index contributed by atoms with van der Waals surface area (Å²) in [5.41, 5.74) is 2.09. The number of carbonyl (C=O) groups excluding carboxylic acids is 1. The summed E-state index contributed by atoms with van der Waals surface area (Å²) < 4.78 is 6.52. The molecule has 0 aliphatic rings. The van der Waals surface area contributed by atoms with Crippen LogP contribution in [0.1, 0.15) is 16.8 Å². The van der Waals surface area contributed by atoms with E-state index in [-0.39, 0.29) is 17.9 Å². The number of nitro groups is 1. The third-order valence-corrected chi connectivity index (χ3v) is 3.74. The van der Waals surface area contributed by atoms with Crippen molar-refractivity contribution in [2.24, 2.45) is 0 Å². The van der Waals surface area contributed by atoms with E-state index < -0.39 is 10.9 Å². The molecule has 2 aromatic heterocycles. The highest BCUT2D eigenvalue weighted by Crippen LogP contribution is 2.13. The zero-order valence-electron chi connectivity index (χ0n) is 14.4. The van der Waals surface area contributed by atoms with Gasteiger partial charge in [0.15, 0.2) is 0 Å². The van der Waals surface area contributed by atoms with Crippen LogP contribution in [0.5, 0.6) is 0 Å². The summed E-state index contributed by atoms with van der Waals surface area (Å²) in [6.45, 7) is 1.74. The Balaban J connectivity index is 1.65. The number of non-ortho nitro benzene ring substituents is 1. The van der Waals surface area contributed by atoms with E-state index in [4.69, 9.17) is 4.74 Å². The molecule has 0 aliphatic heterocycles. The lowest BCUT2D eigenvalue weighted by molar-refractivity contribution is -0.384. The van der Waals surface area contributed by atoms with Gasteiger partial charge in [0.1, 0.15) is 12.3 Å². The van der Waals surface area contributed by atoms with Crippen molar-refractivity contribution in [1.82, 2.24) is 9.38 Å². The summed E-state index contributed by atoms with van der Waals surface area (Å²) in [6.07, 6.45) is 4.38. The molecule has 0 bridgehead atoms. The van der Waals surface area contributed by atoms with Crippen LogP contribution in [0, 0.1) is 17.0 Å². The van der Waals surface area contributed by atoms with E-state index in [0.29, 0.717) is 16.9 Å². The smallest absolute Gasteiger partial charge is 0.331 e. The van der Waals surface area contributed by atoms with E-state index in [1.165, 1.54) is 46.9 Å². The Hall–Kier alpha value is -3.81. The highest BCUT2D eigenvalue weighted by molar-refractivity contribution is 5.87. The number of rotatable bonds is 5. The SMILES string of the molecule is Cc1ccc2nc(COC(=O)/C=C/c3ccc([N+](=O)[O-])cc3)cc(=O)n2c1. The van der Waals surface area contributed by atoms with E-state index in [1.807, 2.05) is 13.0 Å². The number of aryl methyl sites for hydroxylation is 1. The molecule has 8 heteroatoms. The average Bonchev–Trinajstić information content (AvgIpc) is 2.65. The molecule has 0 N–H and O–H groups in total. The summed E-state index contributed by atoms with van der Waals surface area (Å²) in [7, 11) is 0. The Bertz CT molecular complexity index is 1100. The maximum atomic E-state index is 12.1. The molecule has 1 aromatic carbocycles. The van der Waals surface area contributed by atoms with Gasteiger partial charge in [-0.25, -0.2) is 9.78 Å².